The molecule has 0 aromatic carbocycles. The van der Waals surface area contributed by atoms with Crippen molar-refractivity contribution in [2.75, 3.05) is 7.11 Å². The average molecular weight is 283 g/mol. The molecule has 0 aliphatic heterocycles. The maximum atomic E-state index is 11.1. The Bertz CT molecular complexity index is 188. The molecule has 2 atom stereocenters. The van der Waals surface area contributed by atoms with Gasteiger partial charge < -0.3 is 4.74 Å². The molecule has 0 bridgehead atoms. The highest BCUT2D eigenvalue weighted by atomic mass is 16.5. The van der Waals surface area contributed by atoms with Gasteiger partial charge in [-0.1, -0.05) is 58.4 Å². The lowest BCUT2D eigenvalue weighted by molar-refractivity contribution is -0.145. The maximum absolute atomic E-state index is 11.1. The molecule has 0 heterocycles. The summed E-state index contributed by atoms with van der Waals surface area (Å²) in [7, 11) is 1.37. The lowest BCUT2D eigenvalue weighted by Gasteiger charge is -2.15. The summed E-state index contributed by atoms with van der Waals surface area (Å²) < 4.78 is 4.59. The van der Waals surface area contributed by atoms with Crippen LogP contribution in [0.4, 0.5) is 0 Å². The van der Waals surface area contributed by atoms with E-state index in [0.29, 0.717) is 6.42 Å². The van der Waals surface area contributed by atoms with Crippen LogP contribution in [0.5, 0.6) is 0 Å². The molecule has 2 unspecified atom stereocenters. The third-order valence-electron chi connectivity index (χ3n) is 2.31. The second-order valence-corrected chi connectivity index (χ2v) is 3.38. The van der Waals surface area contributed by atoms with Crippen LogP contribution in [0.2, 0.25) is 0 Å². The number of rotatable bonds is 5. The topological polar surface area (TPSA) is 43.4 Å². The smallest absolute Gasteiger partial charge is 0.308 e. The molecular formula is C16H42O3. The normalized spacial score (nSPS) is 10.1. The van der Waals surface area contributed by atoms with E-state index in [9.17, 15) is 9.59 Å². The second kappa shape index (κ2) is 22.3. The zero-order chi connectivity index (χ0) is 10.4. The van der Waals surface area contributed by atoms with E-state index < -0.39 is 0 Å². The summed E-state index contributed by atoms with van der Waals surface area (Å²) in [6.07, 6.45) is 1.38. The monoisotopic (exact) mass is 282 g/mol. The Morgan fingerprint density at radius 2 is 1.37 bits per heavy atom. The number of ketones is 1. The highest BCUT2D eigenvalue weighted by Gasteiger charge is 2.20. The highest BCUT2D eigenvalue weighted by molar-refractivity contribution is 5.79. The molecule has 0 N–H and O–H groups in total. The zero-order valence-corrected chi connectivity index (χ0v) is 8.79. The number of carbonyl (C=O) groups excluding carboxylic acids is 2. The molecule has 0 amide bonds. The van der Waals surface area contributed by atoms with Crippen molar-refractivity contribution in [3.63, 3.8) is 0 Å². The molecule has 0 rings (SSSR count). The number of hydrogen-bond donors (Lipinski definition) is 0. The number of ether oxygens (including phenoxy) is 1. The fourth-order valence-corrected chi connectivity index (χ4v) is 1.34. The molecule has 3 nitrogen and oxygen atoms in total. The number of Topliss-reactive ketones (excluding diaryl/α,β-unsaturated/α-hetero) is 1. The number of esters is 1. The summed E-state index contributed by atoms with van der Waals surface area (Å²) in [5, 5.41) is 0. The number of hydrogen-bond acceptors (Lipinski definition) is 3. The van der Waals surface area contributed by atoms with E-state index in [1.54, 1.807) is 13.8 Å². The SMILES string of the molecule is C.C.C.C.C.C.CCC(CC(C)C(=O)OC)C(C)=O. The van der Waals surface area contributed by atoms with E-state index in [-0.39, 0.29) is 68.1 Å². The standard InChI is InChI=1S/C10H18O3.6CH4/c1-5-9(8(3)11)6-7(2)10(12)13-4;;;;;;/h7,9H,5-6H2,1-4H3;6*1H4. The Labute approximate surface area is 124 Å². The zero-order valence-electron chi connectivity index (χ0n) is 8.79. The summed E-state index contributed by atoms with van der Waals surface area (Å²) in [6, 6.07) is 0. The summed E-state index contributed by atoms with van der Waals surface area (Å²) in [5.41, 5.74) is 0. The van der Waals surface area contributed by atoms with Gasteiger partial charge in [0, 0.05) is 5.92 Å². The van der Waals surface area contributed by atoms with Gasteiger partial charge in [0.05, 0.1) is 13.0 Å². The van der Waals surface area contributed by atoms with Crippen molar-refractivity contribution in [1.82, 2.24) is 0 Å². The quantitative estimate of drug-likeness (QED) is 0.615. The Kier molecular flexibility index (Phi) is 50.5. The molecule has 3 heteroatoms. The van der Waals surface area contributed by atoms with Crippen LogP contribution in [0.15, 0.2) is 0 Å². The third-order valence-corrected chi connectivity index (χ3v) is 2.31. The van der Waals surface area contributed by atoms with E-state index in [0.717, 1.165) is 6.42 Å². The Balaban J connectivity index is -0.0000000480. The van der Waals surface area contributed by atoms with Crippen LogP contribution in [0.1, 0.15) is 78.2 Å². The van der Waals surface area contributed by atoms with Crippen molar-refractivity contribution >= 4 is 11.8 Å². The van der Waals surface area contributed by atoms with Crippen molar-refractivity contribution in [2.45, 2.75) is 78.2 Å². The first-order valence-electron chi connectivity index (χ1n) is 4.61. The van der Waals surface area contributed by atoms with Gasteiger partial charge in [-0.15, -0.1) is 0 Å². The molecule has 0 aromatic heterocycles. The van der Waals surface area contributed by atoms with Crippen LogP contribution in [0, 0.1) is 11.8 Å². The van der Waals surface area contributed by atoms with Crippen molar-refractivity contribution < 1.29 is 14.3 Å². The van der Waals surface area contributed by atoms with Crippen molar-refractivity contribution in [3.8, 4) is 0 Å². The van der Waals surface area contributed by atoms with Crippen LogP contribution >= 0.6 is 0 Å². The van der Waals surface area contributed by atoms with E-state index in [4.69, 9.17) is 0 Å². The van der Waals surface area contributed by atoms with Crippen molar-refractivity contribution in [3.05, 3.63) is 0 Å². The minimum Gasteiger partial charge on any atom is -0.469 e. The Morgan fingerprint density at radius 1 is 1.00 bits per heavy atom. The first-order chi connectivity index (χ1) is 6.02. The van der Waals surface area contributed by atoms with Gasteiger partial charge in [0.15, 0.2) is 0 Å². The fraction of sp³-hybridized carbons (Fsp3) is 0.875. The maximum Gasteiger partial charge on any atom is 0.308 e. The predicted molar refractivity (Wildman–Crippen MR) is 90.6 cm³/mol. The van der Waals surface area contributed by atoms with Gasteiger partial charge in [-0.05, 0) is 19.8 Å². The van der Waals surface area contributed by atoms with Crippen LogP contribution in [0.25, 0.3) is 0 Å². The fourth-order valence-electron chi connectivity index (χ4n) is 1.34. The van der Waals surface area contributed by atoms with E-state index >= 15 is 0 Å². The van der Waals surface area contributed by atoms with Crippen LogP contribution in [-0.2, 0) is 14.3 Å². The van der Waals surface area contributed by atoms with Gasteiger partial charge in [-0.2, -0.15) is 0 Å². The third kappa shape index (κ3) is 17.1. The van der Waals surface area contributed by atoms with E-state index in [2.05, 4.69) is 4.74 Å². The van der Waals surface area contributed by atoms with Gasteiger partial charge in [0.2, 0.25) is 0 Å². The van der Waals surface area contributed by atoms with Gasteiger partial charge in [0.1, 0.15) is 5.78 Å². The lowest BCUT2D eigenvalue weighted by atomic mass is 9.91. The molecule has 0 saturated carbocycles. The first kappa shape index (κ1) is 42.9. The molecule has 0 aliphatic rings. The van der Waals surface area contributed by atoms with Crippen molar-refractivity contribution in [2.24, 2.45) is 11.8 Å². The molecule has 0 spiro atoms. The lowest BCUT2D eigenvalue weighted by Crippen LogP contribution is -2.20. The number of carbonyl (C=O) groups is 2. The van der Waals surface area contributed by atoms with Crippen molar-refractivity contribution in [1.29, 1.82) is 0 Å². The molecule has 124 valence electrons. The Morgan fingerprint density at radius 3 is 1.58 bits per heavy atom. The first-order valence-corrected chi connectivity index (χ1v) is 4.61. The summed E-state index contributed by atoms with van der Waals surface area (Å²) in [5.74, 6) is -0.272. The predicted octanol–water partition coefficient (Wildman–Crippen LogP) is 5.62. The van der Waals surface area contributed by atoms with Gasteiger partial charge in [-0.25, -0.2) is 0 Å². The molecule has 0 saturated heterocycles. The molecule has 19 heavy (non-hydrogen) atoms. The summed E-state index contributed by atoms with van der Waals surface area (Å²) >= 11 is 0. The van der Waals surface area contributed by atoms with Gasteiger partial charge >= 0.3 is 5.97 Å². The molecular weight excluding hydrogens is 240 g/mol. The summed E-state index contributed by atoms with van der Waals surface area (Å²) in [4.78, 5) is 22.1. The Hall–Kier alpha value is -0.860. The molecule has 0 aromatic rings. The molecule has 0 radical (unpaired) electrons. The minimum atomic E-state index is -0.236. The van der Waals surface area contributed by atoms with Crippen LogP contribution < -0.4 is 0 Å². The second-order valence-electron chi connectivity index (χ2n) is 3.38. The van der Waals surface area contributed by atoms with Gasteiger partial charge in [-0.3, -0.25) is 9.59 Å². The molecule has 0 aliphatic carbocycles. The highest BCUT2D eigenvalue weighted by Crippen LogP contribution is 2.17. The number of methoxy groups -OCH3 is 1. The van der Waals surface area contributed by atoms with Crippen LogP contribution in [0.3, 0.4) is 0 Å². The molecule has 0 fully saturated rings. The van der Waals surface area contributed by atoms with E-state index in [1.807, 2.05) is 6.92 Å². The largest absolute Gasteiger partial charge is 0.469 e. The minimum absolute atomic E-state index is 0. The van der Waals surface area contributed by atoms with Gasteiger partial charge in [0.25, 0.3) is 0 Å². The summed E-state index contributed by atoms with van der Waals surface area (Å²) in [6.45, 7) is 5.31. The van der Waals surface area contributed by atoms with Crippen LogP contribution in [-0.4, -0.2) is 18.9 Å². The van der Waals surface area contributed by atoms with E-state index in [1.165, 1.54) is 7.11 Å². The average Bonchev–Trinajstić information content (AvgIpc) is 2.11.